The average molecular weight is 359 g/mol. The number of nitrogens with one attached hydrogen (secondary N) is 1. The number of amides is 2. The van der Waals surface area contributed by atoms with Gasteiger partial charge in [0.15, 0.2) is 0 Å². The molecule has 0 aromatic rings. The molecule has 4 N–H and O–H groups in total. The number of carboxylic acid groups (broad SMARTS) is 1. The second-order valence-corrected chi connectivity index (χ2v) is 7.59. The van der Waals surface area contributed by atoms with E-state index < -0.39 is 24.1 Å². The van der Waals surface area contributed by atoms with Gasteiger partial charge in [0, 0.05) is 6.54 Å². The van der Waals surface area contributed by atoms with Crippen LogP contribution < -0.4 is 11.1 Å². The number of likely N-dealkylation sites (tertiary alicyclic amines) is 1. The molecule has 0 bridgehead atoms. The Morgan fingerprint density at radius 1 is 1.38 bits per heavy atom. The number of nitrogens with two attached hydrogens (primary N) is 1. The third-order valence-corrected chi connectivity index (χ3v) is 4.76. The van der Waals surface area contributed by atoms with Crippen LogP contribution in [-0.4, -0.2) is 64.5 Å². The van der Waals surface area contributed by atoms with Crippen molar-refractivity contribution >= 4 is 29.5 Å². The minimum atomic E-state index is -0.993. The summed E-state index contributed by atoms with van der Waals surface area (Å²) in [6.45, 7) is 4.33. The van der Waals surface area contributed by atoms with E-state index in [1.807, 2.05) is 20.1 Å². The van der Waals surface area contributed by atoms with Gasteiger partial charge < -0.3 is 21.1 Å². The van der Waals surface area contributed by atoms with Gasteiger partial charge >= 0.3 is 5.97 Å². The van der Waals surface area contributed by atoms with Gasteiger partial charge in [-0.25, -0.2) is 4.79 Å². The molecule has 0 saturated carbocycles. The lowest BCUT2D eigenvalue weighted by atomic mass is 10.0. The highest BCUT2D eigenvalue weighted by Gasteiger charge is 2.38. The van der Waals surface area contributed by atoms with Crippen LogP contribution >= 0.6 is 11.8 Å². The second kappa shape index (κ2) is 9.88. The molecule has 0 aromatic heterocycles. The van der Waals surface area contributed by atoms with E-state index in [9.17, 15) is 19.5 Å². The van der Waals surface area contributed by atoms with Gasteiger partial charge in [0.2, 0.25) is 11.8 Å². The first-order chi connectivity index (χ1) is 11.3. The summed E-state index contributed by atoms with van der Waals surface area (Å²) in [5.74, 6) is -0.710. The highest BCUT2D eigenvalue weighted by atomic mass is 32.2. The zero-order valence-corrected chi connectivity index (χ0v) is 15.5. The monoisotopic (exact) mass is 359 g/mol. The van der Waals surface area contributed by atoms with Crippen LogP contribution in [0.5, 0.6) is 0 Å². The van der Waals surface area contributed by atoms with E-state index in [0.717, 1.165) is 5.75 Å². The Kier molecular flexibility index (Phi) is 8.55. The fourth-order valence-electron chi connectivity index (χ4n) is 2.83. The summed E-state index contributed by atoms with van der Waals surface area (Å²) < 4.78 is 0. The predicted molar refractivity (Wildman–Crippen MR) is 94.7 cm³/mol. The first-order valence-corrected chi connectivity index (χ1v) is 9.75. The number of rotatable bonds is 9. The highest BCUT2D eigenvalue weighted by molar-refractivity contribution is 7.98. The van der Waals surface area contributed by atoms with Gasteiger partial charge in [-0.15, -0.1) is 0 Å². The zero-order valence-electron chi connectivity index (χ0n) is 14.7. The summed E-state index contributed by atoms with van der Waals surface area (Å²) in [6, 6.07) is -2.18. The number of hydrogen-bond acceptors (Lipinski definition) is 5. The number of hydrogen-bond donors (Lipinski definition) is 3. The summed E-state index contributed by atoms with van der Waals surface area (Å²) in [6.07, 6.45) is 4.06. The Morgan fingerprint density at radius 3 is 2.58 bits per heavy atom. The lowest BCUT2D eigenvalue weighted by Crippen LogP contribution is -2.54. The highest BCUT2D eigenvalue weighted by Crippen LogP contribution is 2.20. The maximum atomic E-state index is 12.8. The molecule has 1 saturated heterocycles. The van der Waals surface area contributed by atoms with Crippen LogP contribution in [0.15, 0.2) is 0 Å². The van der Waals surface area contributed by atoms with Gasteiger partial charge in [-0.3, -0.25) is 9.59 Å². The van der Waals surface area contributed by atoms with Crippen LogP contribution in [0.1, 0.15) is 39.5 Å². The number of carbonyl (C=O) groups excluding carboxylic acids is 2. The molecule has 1 aliphatic rings. The van der Waals surface area contributed by atoms with Crippen molar-refractivity contribution in [3.05, 3.63) is 0 Å². The first kappa shape index (κ1) is 20.8. The van der Waals surface area contributed by atoms with Gasteiger partial charge in [0.05, 0.1) is 6.04 Å². The molecule has 0 radical (unpaired) electrons. The molecule has 0 spiro atoms. The summed E-state index contributed by atoms with van der Waals surface area (Å²) in [4.78, 5) is 37.7. The SMILES string of the molecule is CSCC[C@H](N)C(=O)N[C@@H](CC(C)C)C(=O)N1CCC[C@@H]1C(=O)O. The van der Waals surface area contributed by atoms with Gasteiger partial charge in [-0.2, -0.15) is 11.8 Å². The van der Waals surface area contributed by atoms with E-state index in [1.54, 1.807) is 11.8 Å². The van der Waals surface area contributed by atoms with Crippen molar-refractivity contribution in [3.8, 4) is 0 Å². The molecule has 138 valence electrons. The van der Waals surface area contributed by atoms with Crippen molar-refractivity contribution in [2.45, 2.75) is 57.7 Å². The summed E-state index contributed by atoms with van der Waals surface area (Å²) in [7, 11) is 0. The van der Waals surface area contributed by atoms with Gasteiger partial charge in [0.1, 0.15) is 12.1 Å². The van der Waals surface area contributed by atoms with E-state index in [2.05, 4.69) is 5.32 Å². The molecule has 7 nitrogen and oxygen atoms in total. The molecule has 1 heterocycles. The van der Waals surface area contributed by atoms with Crippen molar-refractivity contribution in [1.82, 2.24) is 10.2 Å². The fraction of sp³-hybridized carbons (Fsp3) is 0.812. The van der Waals surface area contributed by atoms with E-state index in [1.165, 1.54) is 4.90 Å². The molecule has 24 heavy (non-hydrogen) atoms. The molecule has 2 amide bonds. The molecule has 8 heteroatoms. The van der Waals surface area contributed by atoms with Gasteiger partial charge in [0.25, 0.3) is 0 Å². The molecule has 1 rings (SSSR count). The molecule has 1 aliphatic heterocycles. The summed E-state index contributed by atoms with van der Waals surface area (Å²) >= 11 is 1.61. The normalized spacial score (nSPS) is 20.0. The van der Waals surface area contributed by atoms with Crippen LogP contribution in [0.2, 0.25) is 0 Å². The zero-order chi connectivity index (χ0) is 18.3. The number of thioether (sulfide) groups is 1. The Hall–Kier alpha value is -1.28. The average Bonchev–Trinajstić information content (AvgIpc) is 3.00. The number of nitrogens with zero attached hydrogens (tertiary/aromatic N) is 1. The third kappa shape index (κ3) is 5.98. The molecular weight excluding hydrogens is 330 g/mol. The largest absolute Gasteiger partial charge is 0.480 e. The second-order valence-electron chi connectivity index (χ2n) is 6.61. The van der Waals surface area contributed by atoms with Crippen molar-refractivity contribution in [2.24, 2.45) is 11.7 Å². The standard InChI is InChI=1S/C16H29N3O4S/c1-10(2)9-12(18-14(20)11(17)6-8-24-3)15(21)19-7-4-5-13(19)16(22)23/h10-13H,4-9,17H2,1-3H3,(H,18,20)(H,22,23)/t11-,12-,13+/m0/s1. The maximum Gasteiger partial charge on any atom is 0.326 e. The summed E-state index contributed by atoms with van der Waals surface area (Å²) in [5, 5.41) is 12.0. The molecule has 0 unspecified atom stereocenters. The Bertz CT molecular complexity index is 459. The number of carbonyl (C=O) groups is 3. The van der Waals surface area contributed by atoms with E-state index >= 15 is 0 Å². The summed E-state index contributed by atoms with van der Waals surface area (Å²) in [5.41, 5.74) is 5.87. The topological polar surface area (TPSA) is 113 Å². The molecular formula is C16H29N3O4S. The van der Waals surface area contributed by atoms with E-state index in [0.29, 0.717) is 32.2 Å². The molecule has 0 aliphatic carbocycles. The Morgan fingerprint density at radius 2 is 2.04 bits per heavy atom. The third-order valence-electron chi connectivity index (χ3n) is 4.11. The minimum Gasteiger partial charge on any atom is -0.480 e. The predicted octanol–water partition coefficient (Wildman–Crippen LogP) is 0.673. The number of carboxylic acids is 1. The van der Waals surface area contributed by atoms with Crippen LogP contribution in [-0.2, 0) is 14.4 Å². The van der Waals surface area contributed by atoms with Crippen LogP contribution in [0.25, 0.3) is 0 Å². The van der Waals surface area contributed by atoms with Gasteiger partial charge in [-0.1, -0.05) is 13.8 Å². The van der Waals surface area contributed by atoms with Gasteiger partial charge in [-0.05, 0) is 43.6 Å². The van der Waals surface area contributed by atoms with Crippen LogP contribution in [0.3, 0.4) is 0 Å². The Labute approximate surface area is 147 Å². The quantitative estimate of drug-likeness (QED) is 0.558. The minimum absolute atomic E-state index is 0.188. The lowest BCUT2D eigenvalue weighted by Gasteiger charge is -2.29. The fourth-order valence-corrected chi connectivity index (χ4v) is 3.32. The van der Waals surface area contributed by atoms with Crippen LogP contribution in [0, 0.1) is 5.92 Å². The number of aliphatic carboxylic acids is 1. The van der Waals surface area contributed by atoms with Crippen molar-refractivity contribution in [3.63, 3.8) is 0 Å². The molecule has 1 fully saturated rings. The Balaban J connectivity index is 2.78. The molecule has 3 atom stereocenters. The van der Waals surface area contributed by atoms with Crippen LogP contribution in [0.4, 0.5) is 0 Å². The first-order valence-electron chi connectivity index (χ1n) is 8.36. The van der Waals surface area contributed by atoms with Crippen molar-refractivity contribution in [2.75, 3.05) is 18.6 Å². The van der Waals surface area contributed by atoms with Crippen molar-refractivity contribution in [1.29, 1.82) is 0 Å². The maximum absolute atomic E-state index is 12.8. The molecule has 0 aromatic carbocycles. The lowest BCUT2D eigenvalue weighted by molar-refractivity contribution is -0.149. The van der Waals surface area contributed by atoms with Crippen molar-refractivity contribution < 1.29 is 19.5 Å². The van der Waals surface area contributed by atoms with E-state index in [-0.39, 0.29) is 17.7 Å². The smallest absolute Gasteiger partial charge is 0.326 e. The van der Waals surface area contributed by atoms with E-state index in [4.69, 9.17) is 5.73 Å².